The molecule has 1 rings (SSSR count). The van der Waals surface area contributed by atoms with Crippen molar-refractivity contribution >= 4 is 0 Å². The van der Waals surface area contributed by atoms with E-state index >= 15 is 0 Å². The Morgan fingerprint density at radius 1 is 1.29 bits per heavy atom. The van der Waals surface area contributed by atoms with Gasteiger partial charge in [0.25, 0.3) is 0 Å². The molecule has 0 saturated heterocycles. The molecule has 0 fully saturated rings. The SMILES string of the molecule is C=C/C=C/CCc1ccc(OC)cc1. The third kappa shape index (κ3) is 3.48. The van der Waals surface area contributed by atoms with Crippen molar-refractivity contribution in [1.29, 1.82) is 0 Å². The molecule has 74 valence electrons. The fraction of sp³-hybridized carbons (Fsp3) is 0.231. The van der Waals surface area contributed by atoms with Crippen LogP contribution in [-0.2, 0) is 6.42 Å². The zero-order chi connectivity index (χ0) is 10.2. The van der Waals surface area contributed by atoms with Crippen molar-refractivity contribution in [2.45, 2.75) is 12.8 Å². The molecular formula is C13H16O. The highest BCUT2D eigenvalue weighted by atomic mass is 16.5. The maximum Gasteiger partial charge on any atom is 0.118 e. The van der Waals surface area contributed by atoms with Crippen molar-refractivity contribution in [3.63, 3.8) is 0 Å². The molecule has 0 amide bonds. The molecule has 0 aromatic heterocycles. The summed E-state index contributed by atoms with van der Waals surface area (Å²) in [6.07, 6.45) is 8.02. The van der Waals surface area contributed by atoms with E-state index in [1.54, 1.807) is 13.2 Å². The van der Waals surface area contributed by atoms with E-state index in [9.17, 15) is 0 Å². The summed E-state index contributed by atoms with van der Waals surface area (Å²) < 4.78 is 5.08. The average molecular weight is 188 g/mol. The molecule has 1 heteroatoms. The minimum atomic E-state index is 0.912. The topological polar surface area (TPSA) is 9.23 Å². The van der Waals surface area contributed by atoms with Crippen LogP contribution in [0.1, 0.15) is 12.0 Å². The van der Waals surface area contributed by atoms with Crippen LogP contribution in [0.3, 0.4) is 0 Å². The predicted molar refractivity (Wildman–Crippen MR) is 60.7 cm³/mol. The summed E-state index contributed by atoms with van der Waals surface area (Å²) in [7, 11) is 1.68. The molecule has 0 saturated carbocycles. The van der Waals surface area contributed by atoms with Gasteiger partial charge in [0.05, 0.1) is 7.11 Å². The lowest BCUT2D eigenvalue weighted by Gasteiger charge is -2.01. The lowest BCUT2D eigenvalue weighted by Crippen LogP contribution is -1.85. The van der Waals surface area contributed by atoms with E-state index in [2.05, 4.69) is 24.8 Å². The van der Waals surface area contributed by atoms with Gasteiger partial charge in [-0.25, -0.2) is 0 Å². The number of ether oxygens (including phenoxy) is 1. The first kappa shape index (κ1) is 10.6. The first-order valence-corrected chi connectivity index (χ1v) is 4.77. The molecule has 1 aromatic rings. The molecule has 0 aliphatic rings. The van der Waals surface area contributed by atoms with Crippen LogP contribution in [0.5, 0.6) is 5.75 Å². The molecule has 14 heavy (non-hydrogen) atoms. The molecular weight excluding hydrogens is 172 g/mol. The van der Waals surface area contributed by atoms with Crippen LogP contribution < -0.4 is 4.74 Å². The van der Waals surface area contributed by atoms with E-state index in [0.717, 1.165) is 18.6 Å². The number of allylic oxidation sites excluding steroid dienone is 3. The van der Waals surface area contributed by atoms with E-state index < -0.39 is 0 Å². The molecule has 0 spiro atoms. The van der Waals surface area contributed by atoms with Crippen LogP contribution in [0.25, 0.3) is 0 Å². The van der Waals surface area contributed by atoms with Crippen molar-refractivity contribution < 1.29 is 4.74 Å². The number of rotatable bonds is 5. The van der Waals surface area contributed by atoms with Crippen LogP contribution in [0.2, 0.25) is 0 Å². The van der Waals surface area contributed by atoms with Crippen LogP contribution in [0.4, 0.5) is 0 Å². The minimum Gasteiger partial charge on any atom is -0.497 e. The lowest BCUT2D eigenvalue weighted by atomic mass is 10.1. The molecule has 0 heterocycles. The highest BCUT2D eigenvalue weighted by Crippen LogP contribution is 2.12. The summed E-state index contributed by atoms with van der Waals surface area (Å²) in [5.74, 6) is 0.912. The van der Waals surface area contributed by atoms with Crippen molar-refractivity contribution in [2.75, 3.05) is 7.11 Å². The van der Waals surface area contributed by atoms with Gasteiger partial charge >= 0.3 is 0 Å². The summed E-state index contributed by atoms with van der Waals surface area (Å²) in [5, 5.41) is 0. The maximum absolute atomic E-state index is 5.08. The Morgan fingerprint density at radius 3 is 2.57 bits per heavy atom. The van der Waals surface area contributed by atoms with Gasteiger partial charge in [0.1, 0.15) is 5.75 Å². The van der Waals surface area contributed by atoms with Gasteiger partial charge in [-0.2, -0.15) is 0 Å². The second-order valence-electron chi connectivity index (χ2n) is 3.05. The average Bonchev–Trinajstić information content (AvgIpc) is 2.25. The van der Waals surface area contributed by atoms with Crippen molar-refractivity contribution in [3.8, 4) is 5.75 Å². The Hall–Kier alpha value is -1.50. The van der Waals surface area contributed by atoms with E-state index in [1.807, 2.05) is 18.2 Å². The summed E-state index contributed by atoms with van der Waals surface area (Å²) >= 11 is 0. The standard InChI is InChI=1S/C13H16O/c1-3-4-5-6-7-12-8-10-13(14-2)11-9-12/h3-5,8-11H,1,6-7H2,2H3/b5-4+. The van der Waals surface area contributed by atoms with Crippen molar-refractivity contribution in [2.24, 2.45) is 0 Å². The molecule has 0 N–H and O–H groups in total. The molecule has 1 nitrogen and oxygen atoms in total. The van der Waals surface area contributed by atoms with E-state index in [-0.39, 0.29) is 0 Å². The summed E-state index contributed by atoms with van der Waals surface area (Å²) in [4.78, 5) is 0. The number of hydrogen-bond acceptors (Lipinski definition) is 1. The summed E-state index contributed by atoms with van der Waals surface area (Å²) in [5.41, 5.74) is 1.33. The number of methoxy groups -OCH3 is 1. The smallest absolute Gasteiger partial charge is 0.118 e. The predicted octanol–water partition coefficient (Wildman–Crippen LogP) is 3.37. The molecule has 0 aliphatic carbocycles. The van der Waals surface area contributed by atoms with Gasteiger partial charge < -0.3 is 4.74 Å². The molecule has 0 bridgehead atoms. The number of benzene rings is 1. The van der Waals surface area contributed by atoms with Crippen LogP contribution in [0, 0.1) is 0 Å². The molecule has 0 atom stereocenters. The Bertz CT molecular complexity index is 296. The van der Waals surface area contributed by atoms with Crippen LogP contribution in [-0.4, -0.2) is 7.11 Å². The van der Waals surface area contributed by atoms with Gasteiger partial charge in [0, 0.05) is 0 Å². The minimum absolute atomic E-state index is 0.912. The molecule has 0 radical (unpaired) electrons. The van der Waals surface area contributed by atoms with Crippen LogP contribution >= 0.6 is 0 Å². The first-order valence-electron chi connectivity index (χ1n) is 4.77. The Morgan fingerprint density at radius 2 is 2.00 bits per heavy atom. The monoisotopic (exact) mass is 188 g/mol. The van der Waals surface area contributed by atoms with E-state index in [0.29, 0.717) is 0 Å². The van der Waals surface area contributed by atoms with E-state index in [1.165, 1.54) is 5.56 Å². The Labute approximate surface area is 85.7 Å². The van der Waals surface area contributed by atoms with Gasteiger partial charge in [0.15, 0.2) is 0 Å². The second kappa shape index (κ2) is 6.03. The zero-order valence-corrected chi connectivity index (χ0v) is 8.57. The van der Waals surface area contributed by atoms with Gasteiger partial charge in [-0.3, -0.25) is 0 Å². The summed E-state index contributed by atoms with van der Waals surface area (Å²) in [6, 6.07) is 8.18. The molecule has 1 aromatic carbocycles. The van der Waals surface area contributed by atoms with Crippen molar-refractivity contribution in [3.05, 3.63) is 54.6 Å². The highest BCUT2D eigenvalue weighted by molar-refractivity contribution is 5.27. The van der Waals surface area contributed by atoms with Gasteiger partial charge in [-0.15, -0.1) is 0 Å². The second-order valence-corrected chi connectivity index (χ2v) is 3.05. The van der Waals surface area contributed by atoms with Gasteiger partial charge in [-0.05, 0) is 30.5 Å². The highest BCUT2D eigenvalue weighted by Gasteiger charge is 1.92. The third-order valence-corrected chi connectivity index (χ3v) is 2.03. The normalized spacial score (nSPS) is 10.4. The Balaban J connectivity index is 2.43. The van der Waals surface area contributed by atoms with Gasteiger partial charge in [-0.1, -0.05) is 36.9 Å². The van der Waals surface area contributed by atoms with Gasteiger partial charge in [0.2, 0.25) is 0 Å². The largest absolute Gasteiger partial charge is 0.497 e. The maximum atomic E-state index is 5.08. The molecule has 0 unspecified atom stereocenters. The third-order valence-electron chi connectivity index (χ3n) is 2.03. The van der Waals surface area contributed by atoms with E-state index in [4.69, 9.17) is 4.74 Å². The summed E-state index contributed by atoms with van der Waals surface area (Å²) in [6.45, 7) is 3.62. The number of hydrogen-bond donors (Lipinski definition) is 0. The Kier molecular flexibility index (Phi) is 4.56. The first-order chi connectivity index (χ1) is 6.86. The number of aryl methyl sites for hydroxylation is 1. The quantitative estimate of drug-likeness (QED) is 0.644. The molecule has 0 aliphatic heterocycles. The fourth-order valence-electron chi connectivity index (χ4n) is 1.23. The lowest BCUT2D eigenvalue weighted by molar-refractivity contribution is 0.414. The fourth-order valence-corrected chi connectivity index (χ4v) is 1.23. The zero-order valence-electron chi connectivity index (χ0n) is 8.57. The van der Waals surface area contributed by atoms with Crippen LogP contribution in [0.15, 0.2) is 49.1 Å². The van der Waals surface area contributed by atoms with Crippen molar-refractivity contribution in [1.82, 2.24) is 0 Å².